The molecule has 0 aliphatic heterocycles. The molecular formula is C18H18Br2O2. The smallest absolute Gasteiger partial charge is 0.200 e. The minimum Gasteiger partial charge on any atom is -0.484 e. The summed E-state index contributed by atoms with van der Waals surface area (Å²) in [6.45, 7) is 4.38. The Morgan fingerprint density at radius 2 is 1.82 bits per heavy atom. The van der Waals surface area contributed by atoms with E-state index in [4.69, 9.17) is 4.74 Å². The molecule has 0 bridgehead atoms. The molecule has 0 unspecified atom stereocenters. The van der Waals surface area contributed by atoms with Crippen molar-refractivity contribution in [2.45, 2.75) is 26.2 Å². The fourth-order valence-electron chi connectivity index (χ4n) is 2.05. The molecule has 2 aromatic carbocycles. The van der Waals surface area contributed by atoms with Gasteiger partial charge in [-0.15, -0.1) is 0 Å². The van der Waals surface area contributed by atoms with Crippen molar-refractivity contribution in [2.75, 3.05) is 6.61 Å². The van der Waals surface area contributed by atoms with Crippen LogP contribution in [0.25, 0.3) is 0 Å². The standard InChI is InChI=1S/C18H18Br2O2/c1-3-12(2)13-4-6-14(7-5-13)17(21)11-22-18-9-8-15(19)10-16(18)20/h4-10,12H,3,11H2,1-2H3/t12-/m0/s1. The highest BCUT2D eigenvalue weighted by Gasteiger charge is 2.10. The number of Topliss-reactive ketones (excluding diaryl/α,β-unsaturated/α-hetero) is 1. The van der Waals surface area contributed by atoms with Gasteiger partial charge in [-0.25, -0.2) is 0 Å². The summed E-state index contributed by atoms with van der Waals surface area (Å²) in [6.07, 6.45) is 1.09. The lowest BCUT2D eigenvalue weighted by molar-refractivity contribution is 0.0921. The molecule has 2 rings (SSSR count). The zero-order chi connectivity index (χ0) is 16.1. The van der Waals surface area contributed by atoms with E-state index in [-0.39, 0.29) is 12.4 Å². The van der Waals surface area contributed by atoms with Crippen LogP contribution in [0.1, 0.15) is 42.1 Å². The highest BCUT2D eigenvalue weighted by atomic mass is 79.9. The van der Waals surface area contributed by atoms with E-state index in [1.165, 1.54) is 5.56 Å². The average Bonchev–Trinajstić information content (AvgIpc) is 2.53. The molecule has 4 heteroatoms. The van der Waals surface area contributed by atoms with Crippen molar-refractivity contribution in [1.29, 1.82) is 0 Å². The average molecular weight is 426 g/mol. The molecule has 0 aromatic heterocycles. The normalized spacial score (nSPS) is 12.0. The molecule has 0 spiro atoms. The minimum atomic E-state index is -0.0227. The van der Waals surface area contributed by atoms with Crippen LogP contribution in [0.15, 0.2) is 51.4 Å². The fraction of sp³-hybridized carbons (Fsp3) is 0.278. The summed E-state index contributed by atoms with van der Waals surface area (Å²) in [5.74, 6) is 1.15. The van der Waals surface area contributed by atoms with Gasteiger partial charge in [0.05, 0.1) is 4.47 Å². The molecule has 1 atom stereocenters. The van der Waals surface area contributed by atoms with Gasteiger partial charge in [0.2, 0.25) is 0 Å². The van der Waals surface area contributed by atoms with Crippen LogP contribution in [0.5, 0.6) is 5.75 Å². The molecule has 22 heavy (non-hydrogen) atoms. The number of benzene rings is 2. The Morgan fingerprint density at radius 1 is 1.14 bits per heavy atom. The maximum Gasteiger partial charge on any atom is 0.200 e. The number of carbonyl (C=O) groups excluding carboxylic acids is 1. The first-order valence-corrected chi connectivity index (χ1v) is 8.81. The summed E-state index contributed by atoms with van der Waals surface area (Å²) in [6, 6.07) is 13.4. The van der Waals surface area contributed by atoms with Crippen molar-refractivity contribution in [3.05, 3.63) is 62.5 Å². The Balaban J connectivity index is 2.00. The molecular weight excluding hydrogens is 408 g/mol. The van der Waals surface area contributed by atoms with Crippen LogP contribution >= 0.6 is 31.9 Å². The molecule has 0 saturated carbocycles. The second-order valence-electron chi connectivity index (χ2n) is 5.22. The zero-order valence-electron chi connectivity index (χ0n) is 12.6. The van der Waals surface area contributed by atoms with E-state index < -0.39 is 0 Å². The van der Waals surface area contributed by atoms with E-state index in [0.717, 1.165) is 15.4 Å². The third kappa shape index (κ3) is 4.43. The first-order valence-electron chi connectivity index (χ1n) is 7.22. The van der Waals surface area contributed by atoms with Gasteiger partial charge < -0.3 is 4.74 Å². The topological polar surface area (TPSA) is 26.3 Å². The van der Waals surface area contributed by atoms with Crippen LogP contribution in [0.3, 0.4) is 0 Å². The lowest BCUT2D eigenvalue weighted by atomic mass is 9.97. The lowest BCUT2D eigenvalue weighted by Gasteiger charge is -2.10. The number of hydrogen-bond donors (Lipinski definition) is 0. The molecule has 0 saturated heterocycles. The van der Waals surface area contributed by atoms with E-state index in [2.05, 4.69) is 45.7 Å². The Labute approximate surface area is 148 Å². The molecule has 0 heterocycles. The summed E-state index contributed by atoms with van der Waals surface area (Å²) in [7, 11) is 0. The molecule has 0 radical (unpaired) electrons. The number of rotatable bonds is 6. The number of ketones is 1. The fourth-order valence-corrected chi connectivity index (χ4v) is 3.21. The van der Waals surface area contributed by atoms with Crippen molar-refractivity contribution in [2.24, 2.45) is 0 Å². The highest BCUT2D eigenvalue weighted by molar-refractivity contribution is 9.11. The van der Waals surface area contributed by atoms with E-state index in [0.29, 0.717) is 17.2 Å². The Kier molecular flexibility index (Phi) is 6.21. The highest BCUT2D eigenvalue weighted by Crippen LogP contribution is 2.28. The summed E-state index contributed by atoms with van der Waals surface area (Å²) < 4.78 is 7.37. The number of hydrogen-bond acceptors (Lipinski definition) is 2. The number of ether oxygens (including phenoxy) is 1. The molecule has 0 aliphatic carbocycles. The minimum absolute atomic E-state index is 0.0227. The molecule has 0 fully saturated rings. The van der Waals surface area contributed by atoms with Crippen LogP contribution in [-0.4, -0.2) is 12.4 Å². The van der Waals surface area contributed by atoms with E-state index in [1.807, 2.05) is 42.5 Å². The van der Waals surface area contributed by atoms with Crippen LogP contribution in [0.2, 0.25) is 0 Å². The van der Waals surface area contributed by atoms with Gasteiger partial charge in [-0.2, -0.15) is 0 Å². The molecule has 0 aliphatic rings. The lowest BCUT2D eigenvalue weighted by Crippen LogP contribution is -2.12. The third-order valence-corrected chi connectivity index (χ3v) is 4.78. The Morgan fingerprint density at radius 3 is 2.41 bits per heavy atom. The van der Waals surface area contributed by atoms with Gasteiger partial charge in [-0.05, 0) is 52.0 Å². The van der Waals surface area contributed by atoms with Crippen molar-refractivity contribution >= 4 is 37.6 Å². The van der Waals surface area contributed by atoms with Crippen LogP contribution < -0.4 is 4.74 Å². The maximum atomic E-state index is 12.2. The predicted molar refractivity (Wildman–Crippen MR) is 96.8 cm³/mol. The van der Waals surface area contributed by atoms with E-state index >= 15 is 0 Å². The predicted octanol–water partition coefficient (Wildman–Crippen LogP) is 5.99. The van der Waals surface area contributed by atoms with Gasteiger partial charge in [0, 0.05) is 10.0 Å². The summed E-state index contributed by atoms with van der Waals surface area (Å²) in [5.41, 5.74) is 1.94. The maximum absolute atomic E-state index is 12.2. The SMILES string of the molecule is CC[C@H](C)c1ccc(C(=O)COc2ccc(Br)cc2Br)cc1. The van der Waals surface area contributed by atoms with Gasteiger partial charge in [0.15, 0.2) is 12.4 Å². The Bertz CT molecular complexity index is 651. The zero-order valence-corrected chi connectivity index (χ0v) is 15.8. The summed E-state index contributed by atoms with van der Waals surface area (Å²) in [4.78, 5) is 12.2. The molecule has 0 amide bonds. The van der Waals surface area contributed by atoms with Crippen LogP contribution in [0, 0.1) is 0 Å². The van der Waals surface area contributed by atoms with Gasteiger partial charge in [-0.3, -0.25) is 4.79 Å². The molecule has 116 valence electrons. The molecule has 2 aromatic rings. The van der Waals surface area contributed by atoms with E-state index in [9.17, 15) is 4.79 Å². The van der Waals surface area contributed by atoms with Gasteiger partial charge in [0.25, 0.3) is 0 Å². The van der Waals surface area contributed by atoms with E-state index in [1.54, 1.807) is 0 Å². The molecule has 0 N–H and O–H groups in total. The first-order chi connectivity index (χ1) is 10.5. The van der Waals surface area contributed by atoms with Gasteiger partial charge in [0.1, 0.15) is 5.75 Å². The second-order valence-corrected chi connectivity index (χ2v) is 6.99. The summed E-state index contributed by atoms with van der Waals surface area (Å²) in [5, 5.41) is 0. The van der Waals surface area contributed by atoms with Crippen molar-refractivity contribution in [3.63, 3.8) is 0 Å². The van der Waals surface area contributed by atoms with Crippen LogP contribution in [-0.2, 0) is 0 Å². The van der Waals surface area contributed by atoms with Crippen LogP contribution in [0.4, 0.5) is 0 Å². The van der Waals surface area contributed by atoms with Gasteiger partial charge >= 0.3 is 0 Å². The van der Waals surface area contributed by atoms with Crippen molar-refractivity contribution < 1.29 is 9.53 Å². The number of halogens is 2. The Hall–Kier alpha value is -1.13. The summed E-state index contributed by atoms with van der Waals surface area (Å²) >= 11 is 6.81. The molecule has 2 nitrogen and oxygen atoms in total. The van der Waals surface area contributed by atoms with Crippen molar-refractivity contribution in [3.8, 4) is 5.75 Å². The largest absolute Gasteiger partial charge is 0.484 e. The monoisotopic (exact) mass is 424 g/mol. The van der Waals surface area contributed by atoms with Crippen molar-refractivity contribution in [1.82, 2.24) is 0 Å². The van der Waals surface area contributed by atoms with Gasteiger partial charge in [-0.1, -0.05) is 54.0 Å². The third-order valence-electron chi connectivity index (χ3n) is 3.67. The number of carbonyl (C=O) groups is 1. The second kappa shape index (κ2) is 7.93. The first kappa shape index (κ1) is 17.2. The quantitative estimate of drug-likeness (QED) is 0.531.